The van der Waals surface area contributed by atoms with E-state index in [2.05, 4.69) is 37.3 Å². The second kappa shape index (κ2) is 5.41. The van der Waals surface area contributed by atoms with Crippen LogP contribution in [-0.4, -0.2) is 22.3 Å². The van der Waals surface area contributed by atoms with Crippen molar-refractivity contribution in [2.45, 2.75) is 39.2 Å². The lowest BCUT2D eigenvalue weighted by Crippen LogP contribution is -2.31. The highest BCUT2D eigenvalue weighted by atomic mass is 16.5. The second-order valence-electron chi connectivity index (χ2n) is 7.19. The summed E-state index contributed by atoms with van der Waals surface area (Å²) in [5, 5.41) is 7.55. The van der Waals surface area contributed by atoms with Gasteiger partial charge in [0.05, 0.1) is 17.3 Å². The SMILES string of the molecule is Cc1ccc2c(c1)C(NC(=O)c1cn(C)nc1C(C)(C)C)CO2. The number of ether oxygens (including phenoxy) is 1. The molecule has 0 bridgehead atoms. The molecule has 1 aliphatic heterocycles. The van der Waals surface area contributed by atoms with Crippen LogP contribution >= 0.6 is 0 Å². The van der Waals surface area contributed by atoms with Gasteiger partial charge in [0.1, 0.15) is 12.4 Å². The van der Waals surface area contributed by atoms with Gasteiger partial charge in [-0.15, -0.1) is 0 Å². The lowest BCUT2D eigenvalue weighted by molar-refractivity contribution is 0.0928. The number of nitrogens with zero attached hydrogens (tertiary/aromatic N) is 2. The van der Waals surface area contributed by atoms with Crippen LogP contribution < -0.4 is 10.1 Å². The van der Waals surface area contributed by atoms with E-state index in [9.17, 15) is 4.79 Å². The highest BCUT2D eigenvalue weighted by Gasteiger charge is 2.30. The molecule has 0 radical (unpaired) electrons. The zero-order chi connectivity index (χ0) is 16.8. The van der Waals surface area contributed by atoms with E-state index in [0.717, 1.165) is 22.6 Å². The largest absolute Gasteiger partial charge is 0.491 e. The molecule has 1 atom stereocenters. The predicted molar refractivity (Wildman–Crippen MR) is 88.8 cm³/mol. The van der Waals surface area contributed by atoms with Crippen molar-refractivity contribution in [1.82, 2.24) is 15.1 Å². The van der Waals surface area contributed by atoms with Crippen molar-refractivity contribution in [3.8, 4) is 5.75 Å². The molecule has 1 amide bonds. The summed E-state index contributed by atoms with van der Waals surface area (Å²) in [6.45, 7) is 8.68. The molecule has 0 fully saturated rings. The van der Waals surface area contributed by atoms with E-state index in [-0.39, 0.29) is 17.4 Å². The molecule has 0 saturated carbocycles. The fourth-order valence-electron chi connectivity index (χ4n) is 2.90. The minimum atomic E-state index is -0.186. The lowest BCUT2D eigenvalue weighted by Gasteiger charge is -2.18. The molecule has 1 aromatic heterocycles. The first kappa shape index (κ1) is 15.6. The maximum atomic E-state index is 12.8. The van der Waals surface area contributed by atoms with Crippen molar-refractivity contribution in [3.05, 3.63) is 46.8 Å². The van der Waals surface area contributed by atoms with E-state index in [0.29, 0.717) is 12.2 Å². The van der Waals surface area contributed by atoms with E-state index in [1.807, 2.05) is 26.1 Å². The van der Waals surface area contributed by atoms with Gasteiger partial charge in [-0.2, -0.15) is 5.10 Å². The summed E-state index contributed by atoms with van der Waals surface area (Å²) < 4.78 is 7.36. The Balaban J connectivity index is 1.86. The summed E-state index contributed by atoms with van der Waals surface area (Å²) >= 11 is 0. The third-order valence-electron chi connectivity index (χ3n) is 4.04. The van der Waals surface area contributed by atoms with Crippen LogP contribution in [0.2, 0.25) is 0 Å². The Hall–Kier alpha value is -2.30. The molecular weight excluding hydrogens is 290 g/mol. The maximum Gasteiger partial charge on any atom is 0.255 e. The summed E-state index contributed by atoms with van der Waals surface area (Å²) in [7, 11) is 1.84. The summed E-state index contributed by atoms with van der Waals surface area (Å²) in [5.74, 6) is 0.745. The number of carbonyl (C=O) groups excluding carboxylic acids is 1. The molecule has 0 spiro atoms. The van der Waals surface area contributed by atoms with Gasteiger partial charge in [0.25, 0.3) is 5.91 Å². The van der Waals surface area contributed by atoms with E-state index >= 15 is 0 Å². The van der Waals surface area contributed by atoms with E-state index < -0.39 is 0 Å². The average molecular weight is 313 g/mol. The van der Waals surface area contributed by atoms with Gasteiger partial charge in [0.15, 0.2) is 0 Å². The number of nitrogens with one attached hydrogen (secondary N) is 1. The number of benzene rings is 1. The maximum absolute atomic E-state index is 12.8. The first-order valence-electron chi connectivity index (χ1n) is 7.84. The van der Waals surface area contributed by atoms with Crippen molar-refractivity contribution in [2.24, 2.45) is 7.05 Å². The fourth-order valence-corrected chi connectivity index (χ4v) is 2.90. The van der Waals surface area contributed by atoms with Gasteiger partial charge in [-0.3, -0.25) is 9.48 Å². The van der Waals surface area contributed by atoms with E-state index in [4.69, 9.17) is 4.74 Å². The molecule has 5 heteroatoms. The smallest absolute Gasteiger partial charge is 0.255 e. The number of aromatic nitrogens is 2. The molecule has 1 unspecified atom stereocenters. The number of carbonyl (C=O) groups is 1. The number of hydrogen-bond donors (Lipinski definition) is 1. The van der Waals surface area contributed by atoms with Gasteiger partial charge < -0.3 is 10.1 Å². The summed E-state index contributed by atoms with van der Waals surface area (Å²) in [6.07, 6.45) is 1.78. The number of fused-ring (bicyclic) bond motifs is 1. The Labute approximate surface area is 136 Å². The van der Waals surface area contributed by atoms with Crippen LogP contribution in [0.5, 0.6) is 5.75 Å². The van der Waals surface area contributed by atoms with Gasteiger partial charge in [-0.25, -0.2) is 0 Å². The predicted octanol–water partition coefficient (Wildman–Crippen LogP) is 2.89. The van der Waals surface area contributed by atoms with Crippen molar-refractivity contribution in [3.63, 3.8) is 0 Å². The monoisotopic (exact) mass is 313 g/mol. The number of amides is 1. The molecule has 1 aliphatic rings. The molecule has 0 aliphatic carbocycles. The van der Waals surface area contributed by atoms with Crippen LogP contribution in [0.15, 0.2) is 24.4 Å². The van der Waals surface area contributed by atoms with Gasteiger partial charge >= 0.3 is 0 Å². The molecule has 2 heterocycles. The highest BCUT2D eigenvalue weighted by Crippen LogP contribution is 2.33. The Morgan fingerprint density at radius 1 is 1.39 bits per heavy atom. The van der Waals surface area contributed by atoms with Crippen LogP contribution in [0, 0.1) is 6.92 Å². The van der Waals surface area contributed by atoms with Gasteiger partial charge in [-0.1, -0.05) is 38.5 Å². The van der Waals surface area contributed by atoms with Gasteiger partial charge in [0, 0.05) is 24.2 Å². The Morgan fingerprint density at radius 3 is 2.83 bits per heavy atom. The fraction of sp³-hybridized carbons (Fsp3) is 0.444. The van der Waals surface area contributed by atoms with E-state index in [1.54, 1.807) is 10.9 Å². The normalized spacial score (nSPS) is 16.8. The molecule has 122 valence electrons. The third-order valence-corrected chi connectivity index (χ3v) is 4.04. The Bertz CT molecular complexity index is 756. The van der Waals surface area contributed by atoms with E-state index in [1.165, 1.54) is 0 Å². The summed E-state index contributed by atoms with van der Waals surface area (Å²) in [6, 6.07) is 5.93. The van der Waals surface area contributed by atoms with Crippen LogP contribution in [-0.2, 0) is 12.5 Å². The first-order chi connectivity index (χ1) is 10.8. The quantitative estimate of drug-likeness (QED) is 0.927. The second-order valence-corrected chi connectivity index (χ2v) is 7.19. The Kier molecular flexibility index (Phi) is 3.66. The summed E-state index contributed by atoms with van der Waals surface area (Å²) in [5.41, 5.74) is 3.45. The van der Waals surface area contributed by atoms with Crippen LogP contribution in [0.3, 0.4) is 0 Å². The number of rotatable bonds is 2. The molecule has 3 rings (SSSR count). The molecule has 1 aromatic carbocycles. The van der Waals surface area contributed by atoms with Crippen molar-refractivity contribution in [1.29, 1.82) is 0 Å². The lowest BCUT2D eigenvalue weighted by atomic mass is 9.89. The topological polar surface area (TPSA) is 56.2 Å². The van der Waals surface area contributed by atoms with Crippen LogP contribution in [0.4, 0.5) is 0 Å². The van der Waals surface area contributed by atoms with Crippen molar-refractivity contribution < 1.29 is 9.53 Å². The number of hydrogen-bond acceptors (Lipinski definition) is 3. The zero-order valence-electron chi connectivity index (χ0n) is 14.3. The van der Waals surface area contributed by atoms with Crippen LogP contribution in [0.1, 0.15) is 54.0 Å². The first-order valence-corrected chi connectivity index (χ1v) is 7.84. The summed E-state index contributed by atoms with van der Waals surface area (Å²) in [4.78, 5) is 12.8. The Morgan fingerprint density at radius 2 is 2.13 bits per heavy atom. The third kappa shape index (κ3) is 2.96. The minimum absolute atomic E-state index is 0.106. The molecule has 5 nitrogen and oxygen atoms in total. The molecule has 1 N–H and O–H groups in total. The minimum Gasteiger partial charge on any atom is -0.491 e. The highest BCUT2D eigenvalue weighted by molar-refractivity contribution is 5.95. The van der Waals surface area contributed by atoms with Gasteiger partial charge in [-0.05, 0) is 13.0 Å². The zero-order valence-corrected chi connectivity index (χ0v) is 14.3. The molecule has 23 heavy (non-hydrogen) atoms. The average Bonchev–Trinajstić information content (AvgIpc) is 3.02. The molecule has 2 aromatic rings. The van der Waals surface area contributed by atoms with Crippen LogP contribution in [0.25, 0.3) is 0 Å². The number of aryl methyl sites for hydroxylation is 2. The van der Waals surface area contributed by atoms with Crippen molar-refractivity contribution >= 4 is 5.91 Å². The standard InChI is InChI=1S/C18H23N3O2/c1-11-6-7-15-12(8-11)14(10-23-15)19-17(22)13-9-21(5)20-16(13)18(2,3)4/h6-9,14H,10H2,1-5H3,(H,19,22). The van der Waals surface area contributed by atoms with Gasteiger partial charge in [0.2, 0.25) is 0 Å². The molecular formula is C18H23N3O2. The van der Waals surface area contributed by atoms with Crippen molar-refractivity contribution in [2.75, 3.05) is 6.61 Å². The molecule has 0 saturated heterocycles.